The number of ether oxygens (including phenoxy) is 5. The van der Waals surface area contributed by atoms with E-state index in [-0.39, 0.29) is 13.2 Å². The predicted molar refractivity (Wildman–Crippen MR) is 71.9 cm³/mol. The van der Waals surface area contributed by atoms with Gasteiger partial charge in [-0.25, -0.2) is 0 Å². The highest BCUT2D eigenvalue weighted by Gasteiger charge is 2.33. The number of rotatable bonds is 10. The van der Waals surface area contributed by atoms with Gasteiger partial charge in [0.05, 0.1) is 10.7 Å². The second-order valence-electron chi connectivity index (χ2n) is 3.40. The molecule has 0 N–H and O–H groups in total. The molecule has 0 aliphatic heterocycles. The highest BCUT2D eigenvalue weighted by atomic mass is 79.9. The lowest BCUT2D eigenvalue weighted by Crippen LogP contribution is -2.45. The Balaban J connectivity index is 4.28. The maximum absolute atomic E-state index is 5.55. The summed E-state index contributed by atoms with van der Waals surface area (Å²) in [6.45, 7) is 0.541. The monoisotopic (exact) mass is 378 g/mol. The summed E-state index contributed by atoms with van der Waals surface area (Å²) in [6.07, 6.45) is 0. The Morgan fingerprint density at radius 1 is 0.706 bits per heavy atom. The van der Waals surface area contributed by atoms with Gasteiger partial charge >= 0.3 is 0 Å². The Hall–Kier alpha value is 0.760. The van der Waals surface area contributed by atoms with Gasteiger partial charge in [0.15, 0.2) is 0 Å². The van der Waals surface area contributed by atoms with Crippen LogP contribution in [0.4, 0.5) is 0 Å². The average molecular weight is 380 g/mol. The van der Waals surface area contributed by atoms with Crippen molar-refractivity contribution >= 4 is 31.9 Å². The molecule has 0 saturated heterocycles. The van der Waals surface area contributed by atoms with Gasteiger partial charge in [0.2, 0.25) is 11.6 Å². The fourth-order valence-electron chi connectivity index (χ4n) is 1.06. The molecule has 0 aromatic heterocycles. The van der Waals surface area contributed by atoms with E-state index in [1.165, 1.54) is 0 Å². The molecular weight excluding hydrogens is 360 g/mol. The van der Waals surface area contributed by atoms with Crippen LogP contribution in [0.25, 0.3) is 0 Å². The highest BCUT2D eigenvalue weighted by molar-refractivity contribution is 9.09. The van der Waals surface area contributed by atoms with E-state index < -0.39 is 11.6 Å². The van der Waals surface area contributed by atoms with Crippen molar-refractivity contribution < 1.29 is 23.7 Å². The quantitative estimate of drug-likeness (QED) is 0.427. The number of halogens is 2. The van der Waals surface area contributed by atoms with Crippen LogP contribution >= 0.6 is 31.9 Å². The molecule has 0 spiro atoms. The largest absolute Gasteiger partial charge is 0.370 e. The van der Waals surface area contributed by atoms with Crippen molar-refractivity contribution in [3.05, 3.63) is 0 Å². The molecule has 0 aliphatic carbocycles. The first-order valence-electron chi connectivity index (χ1n) is 4.98. The van der Waals surface area contributed by atoms with Crippen LogP contribution in [0.5, 0.6) is 0 Å². The topological polar surface area (TPSA) is 46.2 Å². The van der Waals surface area contributed by atoms with Gasteiger partial charge in [0, 0.05) is 28.4 Å². The zero-order valence-electron chi connectivity index (χ0n) is 10.6. The van der Waals surface area contributed by atoms with Crippen LogP contribution in [-0.2, 0) is 23.7 Å². The zero-order chi connectivity index (χ0) is 13.4. The summed E-state index contributed by atoms with van der Waals surface area (Å²) in [4.78, 5) is 0. The third-order valence-electron chi connectivity index (χ3n) is 2.54. The van der Waals surface area contributed by atoms with Crippen molar-refractivity contribution in [3.63, 3.8) is 0 Å². The third kappa shape index (κ3) is 5.10. The first-order chi connectivity index (χ1) is 8.07. The maximum Gasteiger partial charge on any atom is 0.201 e. The van der Waals surface area contributed by atoms with Crippen molar-refractivity contribution in [1.29, 1.82) is 0 Å². The van der Waals surface area contributed by atoms with Crippen molar-refractivity contribution in [3.8, 4) is 0 Å². The molecule has 0 amide bonds. The van der Waals surface area contributed by atoms with E-state index in [1.807, 2.05) is 0 Å². The Bertz CT molecular complexity index is 159. The molecule has 0 bridgehead atoms. The van der Waals surface area contributed by atoms with Crippen LogP contribution in [0, 0.1) is 0 Å². The molecular formula is C10H20Br2O5. The first kappa shape index (κ1) is 17.8. The molecule has 0 fully saturated rings. The van der Waals surface area contributed by atoms with Gasteiger partial charge in [-0.15, -0.1) is 0 Å². The summed E-state index contributed by atoms with van der Waals surface area (Å²) in [5.74, 6) is -1.58. The van der Waals surface area contributed by atoms with Gasteiger partial charge in [-0.2, -0.15) is 0 Å². The van der Waals surface area contributed by atoms with Crippen LogP contribution in [0.15, 0.2) is 0 Å². The molecule has 104 valence electrons. The molecule has 0 aromatic rings. The molecule has 0 radical (unpaired) electrons. The smallest absolute Gasteiger partial charge is 0.201 e. The summed E-state index contributed by atoms with van der Waals surface area (Å²) in [6, 6.07) is 0. The van der Waals surface area contributed by atoms with E-state index in [9.17, 15) is 0 Å². The Morgan fingerprint density at radius 2 is 1.00 bits per heavy atom. The van der Waals surface area contributed by atoms with Crippen LogP contribution in [0.2, 0.25) is 0 Å². The molecule has 0 heterocycles. The van der Waals surface area contributed by atoms with E-state index in [4.69, 9.17) is 23.7 Å². The van der Waals surface area contributed by atoms with Gasteiger partial charge in [-0.3, -0.25) is 0 Å². The van der Waals surface area contributed by atoms with E-state index in [2.05, 4.69) is 31.9 Å². The molecule has 0 atom stereocenters. The summed E-state index contributed by atoms with van der Waals surface area (Å²) >= 11 is 6.65. The summed E-state index contributed by atoms with van der Waals surface area (Å²) in [7, 11) is 6.27. The van der Waals surface area contributed by atoms with Crippen molar-refractivity contribution in [2.45, 2.75) is 11.6 Å². The number of alkyl halides is 2. The molecule has 0 rings (SSSR count). The lowest BCUT2D eigenvalue weighted by atomic mass is 10.3. The van der Waals surface area contributed by atoms with Gasteiger partial charge in [-0.1, -0.05) is 31.9 Å². The summed E-state index contributed by atoms with van der Waals surface area (Å²) in [5, 5.41) is 1.02. The second kappa shape index (κ2) is 8.79. The van der Waals surface area contributed by atoms with Gasteiger partial charge in [0.25, 0.3) is 0 Å². The molecule has 0 saturated carbocycles. The molecule has 5 nitrogen and oxygen atoms in total. The minimum Gasteiger partial charge on any atom is -0.370 e. The molecule has 7 heteroatoms. The summed E-state index contributed by atoms with van der Waals surface area (Å²) in [5.41, 5.74) is 0. The standard InChI is InChI=1S/C10H20Br2O5/c1-13-9(5-11,14-2)7-17-8-10(6-12,15-3)16-4/h5-8H2,1-4H3. The van der Waals surface area contributed by atoms with E-state index >= 15 is 0 Å². The molecule has 0 unspecified atom stereocenters. The minimum absolute atomic E-state index is 0.271. The number of hydrogen-bond acceptors (Lipinski definition) is 5. The van der Waals surface area contributed by atoms with Crippen LogP contribution < -0.4 is 0 Å². The minimum atomic E-state index is -0.792. The molecule has 0 aromatic carbocycles. The van der Waals surface area contributed by atoms with Gasteiger partial charge in [-0.05, 0) is 0 Å². The predicted octanol–water partition coefficient (Wildman–Crippen LogP) is 1.77. The summed E-state index contributed by atoms with van der Waals surface area (Å²) < 4.78 is 26.6. The lowest BCUT2D eigenvalue weighted by molar-refractivity contribution is -0.255. The van der Waals surface area contributed by atoms with Crippen LogP contribution in [0.3, 0.4) is 0 Å². The number of methoxy groups -OCH3 is 4. The second-order valence-corrected chi connectivity index (χ2v) is 4.52. The maximum atomic E-state index is 5.55. The van der Waals surface area contributed by atoms with Crippen LogP contribution in [-0.4, -0.2) is 63.9 Å². The highest BCUT2D eigenvalue weighted by Crippen LogP contribution is 2.19. The Labute approximate surface area is 119 Å². The molecule has 0 aliphatic rings. The average Bonchev–Trinajstić information content (AvgIpc) is 2.41. The fraction of sp³-hybridized carbons (Fsp3) is 1.00. The third-order valence-corrected chi connectivity index (χ3v) is 4.25. The fourth-order valence-corrected chi connectivity index (χ4v) is 2.30. The van der Waals surface area contributed by atoms with Crippen molar-refractivity contribution in [1.82, 2.24) is 0 Å². The molecule has 17 heavy (non-hydrogen) atoms. The van der Waals surface area contributed by atoms with E-state index in [1.54, 1.807) is 28.4 Å². The normalized spacial score (nSPS) is 13.1. The van der Waals surface area contributed by atoms with Crippen LogP contribution in [0.1, 0.15) is 0 Å². The lowest BCUT2D eigenvalue weighted by Gasteiger charge is -2.32. The SMILES string of the molecule is COC(CBr)(COCC(CBr)(OC)OC)OC. The van der Waals surface area contributed by atoms with Crippen molar-refractivity contribution in [2.24, 2.45) is 0 Å². The van der Waals surface area contributed by atoms with E-state index in [0.29, 0.717) is 10.7 Å². The Morgan fingerprint density at radius 3 is 1.18 bits per heavy atom. The van der Waals surface area contributed by atoms with Crippen molar-refractivity contribution in [2.75, 3.05) is 52.3 Å². The van der Waals surface area contributed by atoms with Gasteiger partial charge in [0.1, 0.15) is 13.2 Å². The number of hydrogen-bond donors (Lipinski definition) is 0. The van der Waals surface area contributed by atoms with Gasteiger partial charge < -0.3 is 23.7 Å². The van der Waals surface area contributed by atoms with E-state index in [0.717, 1.165) is 0 Å². The first-order valence-corrected chi connectivity index (χ1v) is 7.22. The Kier molecular flexibility index (Phi) is 9.18. The zero-order valence-corrected chi connectivity index (χ0v) is 13.8.